The molecule has 1 N–H and O–H groups in total. The molecule has 6 heteroatoms. The number of nitrogens with zero attached hydrogens (tertiary/aromatic N) is 1. The summed E-state index contributed by atoms with van der Waals surface area (Å²) < 4.78 is 28.8. The van der Waals surface area contributed by atoms with Gasteiger partial charge in [0, 0.05) is 6.07 Å². The van der Waals surface area contributed by atoms with Crippen LogP contribution >= 0.6 is 11.8 Å². The molecule has 0 aliphatic carbocycles. The van der Waals surface area contributed by atoms with Gasteiger partial charge in [-0.1, -0.05) is 42.1 Å². The van der Waals surface area contributed by atoms with Gasteiger partial charge in [-0.25, -0.2) is 4.98 Å². The maximum absolute atomic E-state index is 12.2. The molecule has 3 nitrogen and oxygen atoms in total. The van der Waals surface area contributed by atoms with E-state index in [9.17, 15) is 8.78 Å². The summed E-state index contributed by atoms with van der Waals surface area (Å²) in [4.78, 5) is 7.45. The van der Waals surface area contributed by atoms with Crippen LogP contribution in [0.25, 0.3) is 17.1 Å². The molecule has 2 aromatic carbocycles. The summed E-state index contributed by atoms with van der Waals surface area (Å²) in [5.41, 5.74) is 2.46. The molecule has 0 radical (unpaired) electrons. The van der Waals surface area contributed by atoms with Crippen LogP contribution < -0.4 is 4.74 Å². The van der Waals surface area contributed by atoms with Gasteiger partial charge >= 0.3 is 6.61 Å². The van der Waals surface area contributed by atoms with Crippen molar-refractivity contribution in [3.63, 3.8) is 0 Å². The van der Waals surface area contributed by atoms with Crippen LogP contribution in [-0.2, 0) is 0 Å². The number of imidazole rings is 1. The predicted molar refractivity (Wildman–Crippen MR) is 84.1 cm³/mol. The second-order valence-corrected chi connectivity index (χ2v) is 5.33. The Labute approximate surface area is 130 Å². The number of aromatic nitrogens is 2. The molecule has 0 fully saturated rings. The second kappa shape index (κ2) is 6.62. The summed E-state index contributed by atoms with van der Waals surface area (Å²) in [5, 5.41) is 2.61. The standard InChI is InChI=1S/C16H12F2N2OS/c17-15(18)21-12-6-7-13-14(10-12)20-16(19-13)22-9-8-11-4-2-1-3-5-11/h1-10,15H,(H,19,20)/b9-8-. The fourth-order valence-corrected chi connectivity index (χ4v) is 2.61. The second-order valence-electron chi connectivity index (χ2n) is 4.43. The minimum Gasteiger partial charge on any atom is -0.435 e. The minimum absolute atomic E-state index is 0.113. The highest BCUT2D eigenvalue weighted by Gasteiger charge is 2.07. The average Bonchev–Trinajstić information content (AvgIpc) is 2.89. The van der Waals surface area contributed by atoms with E-state index in [0.29, 0.717) is 16.2 Å². The van der Waals surface area contributed by atoms with Crippen LogP contribution in [0.1, 0.15) is 5.56 Å². The molecule has 112 valence electrons. The molecule has 3 aromatic rings. The van der Waals surface area contributed by atoms with Crippen molar-refractivity contribution in [3.05, 3.63) is 59.5 Å². The van der Waals surface area contributed by atoms with Crippen molar-refractivity contribution in [1.29, 1.82) is 0 Å². The molecule has 0 spiro atoms. The number of benzene rings is 2. The highest BCUT2D eigenvalue weighted by atomic mass is 32.2. The Kier molecular flexibility index (Phi) is 4.39. The Morgan fingerprint density at radius 3 is 2.73 bits per heavy atom. The Morgan fingerprint density at radius 2 is 1.95 bits per heavy atom. The van der Waals surface area contributed by atoms with Gasteiger partial charge in [0.2, 0.25) is 0 Å². The molecule has 0 bridgehead atoms. The number of aromatic amines is 1. The summed E-state index contributed by atoms with van der Waals surface area (Å²) in [6.07, 6.45) is 1.98. The van der Waals surface area contributed by atoms with Crippen LogP contribution in [-0.4, -0.2) is 16.6 Å². The number of thioether (sulfide) groups is 1. The fourth-order valence-electron chi connectivity index (χ4n) is 1.94. The van der Waals surface area contributed by atoms with Crippen molar-refractivity contribution in [2.45, 2.75) is 11.8 Å². The highest BCUT2D eigenvalue weighted by molar-refractivity contribution is 8.02. The topological polar surface area (TPSA) is 37.9 Å². The third kappa shape index (κ3) is 3.65. The Balaban J connectivity index is 1.73. The molecule has 0 saturated carbocycles. The van der Waals surface area contributed by atoms with E-state index in [1.807, 2.05) is 41.8 Å². The lowest BCUT2D eigenvalue weighted by atomic mass is 10.2. The van der Waals surface area contributed by atoms with Crippen molar-refractivity contribution in [2.24, 2.45) is 0 Å². The van der Waals surface area contributed by atoms with Crippen LogP contribution in [0.15, 0.2) is 59.1 Å². The molecule has 1 aromatic heterocycles. The van der Waals surface area contributed by atoms with E-state index in [1.165, 1.54) is 23.9 Å². The average molecular weight is 318 g/mol. The first kappa shape index (κ1) is 14.6. The number of ether oxygens (including phenoxy) is 1. The molecule has 0 amide bonds. The number of hydrogen-bond acceptors (Lipinski definition) is 3. The zero-order valence-electron chi connectivity index (χ0n) is 11.4. The number of H-pyrrole nitrogens is 1. The number of hydrogen-bond donors (Lipinski definition) is 1. The Bertz CT molecular complexity index is 787. The molecule has 1 heterocycles. The van der Waals surface area contributed by atoms with Gasteiger partial charge in [0.05, 0.1) is 11.0 Å². The van der Waals surface area contributed by atoms with E-state index in [1.54, 1.807) is 6.07 Å². The molecular formula is C16H12F2N2OS. The van der Waals surface area contributed by atoms with Crippen molar-refractivity contribution < 1.29 is 13.5 Å². The first-order valence-corrected chi connectivity index (χ1v) is 7.41. The Hall–Kier alpha value is -2.34. The van der Waals surface area contributed by atoms with Crippen molar-refractivity contribution in [3.8, 4) is 5.75 Å². The first-order chi connectivity index (χ1) is 10.7. The van der Waals surface area contributed by atoms with Crippen LogP contribution in [0.2, 0.25) is 0 Å². The maximum atomic E-state index is 12.2. The van der Waals surface area contributed by atoms with E-state index in [4.69, 9.17) is 0 Å². The fraction of sp³-hybridized carbons (Fsp3) is 0.0625. The summed E-state index contributed by atoms with van der Waals surface area (Å²) >= 11 is 1.42. The zero-order valence-corrected chi connectivity index (χ0v) is 12.2. The molecule has 0 saturated heterocycles. The van der Waals surface area contributed by atoms with Gasteiger partial charge in [-0.15, -0.1) is 0 Å². The summed E-state index contributed by atoms with van der Waals surface area (Å²) in [7, 11) is 0. The van der Waals surface area contributed by atoms with Crippen LogP contribution in [0.3, 0.4) is 0 Å². The maximum Gasteiger partial charge on any atom is 0.387 e. The third-order valence-corrected chi connectivity index (χ3v) is 3.59. The number of alkyl halides is 2. The lowest BCUT2D eigenvalue weighted by Gasteiger charge is -2.02. The summed E-state index contributed by atoms with van der Waals surface area (Å²) in [6.45, 7) is -2.83. The quantitative estimate of drug-likeness (QED) is 0.678. The molecule has 0 unspecified atom stereocenters. The van der Waals surface area contributed by atoms with Crippen LogP contribution in [0.5, 0.6) is 5.75 Å². The van der Waals surface area contributed by atoms with E-state index in [0.717, 1.165) is 5.56 Å². The predicted octanol–water partition coefficient (Wildman–Crippen LogP) is 4.93. The molecule has 0 aliphatic heterocycles. The number of rotatable bonds is 5. The molecule has 0 aliphatic rings. The normalized spacial score (nSPS) is 11.6. The van der Waals surface area contributed by atoms with Gasteiger partial charge in [0.1, 0.15) is 5.75 Å². The van der Waals surface area contributed by atoms with E-state index in [-0.39, 0.29) is 5.75 Å². The molecular weight excluding hydrogens is 306 g/mol. The number of nitrogens with one attached hydrogen (secondary N) is 1. The van der Waals surface area contributed by atoms with Gasteiger partial charge in [0.15, 0.2) is 5.16 Å². The molecule has 3 rings (SSSR count). The van der Waals surface area contributed by atoms with Gasteiger partial charge in [0.25, 0.3) is 0 Å². The SMILES string of the molecule is FC(F)Oc1ccc2nc(S/C=C\c3ccccc3)[nH]c2c1. The smallest absolute Gasteiger partial charge is 0.387 e. The van der Waals surface area contributed by atoms with E-state index < -0.39 is 6.61 Å². The van der Waals surface area contributed by atoms with Gasteiger partial charge in [-0.3, -0.25) is 0 Å². The minimum atomic E-state index is -2.83. The summed E-state index contributed by atoms with van der Waals surface area (Å²) in [5.74, 6) is 0.113. The lowest BCUT2D eigenvalue weighted by molar-refractivity contribution is -0.0497. The molecule has 0 atom stereocenters. The number of halogens is 2. The summed E-state index contributed by atoms with van der Waals surface area (Å²) in [6, 6.07) is 14.5. The van der Waals surface area contributed by atoms with Gasteiger partial charge < -0.3 is 9.72 Å². The van der Waals surface area contributed by atoms with Crippen molar-refractivity contribution >= 4 is 28.9 Å². The van der Waals surface area contributed by atoms with E-state index >= 15 is 0 Å². The first-order valence-electron chi connectivity index (χ1n) is 6.53. The van der Waals surface area contributed by atoms with E-state index in [2.05, 4.69) is 14.7 Å². The number of fused-ring (bicyclic) bond motifs is 1. The zero-order chi connectivity index (χ0) is 15.4. The van der Waals surface area contributed by atoms with Gasteiger partial charge in [-0.2, -0.15) is 8.78 Å². The third-order valence-electron chi connectivity index (χ3n) is 2.90. The Morgan fingerprint density at radius 1 is 1.14 bits per heavy atom. The van der Waals surface area contributed by atoms with Crippen LogP contribution in [0, 0.1) is 0 Å². The van der Waals surface area contributed by atoms with Crippen molar-refractivity contribution in [1.82, 2.24) is 9.97 Å². The molecule has 22 heavy (non-hydrogen) atoms. The lowest BCUT2D eigenvalue weighted by Crippen LogP contribution is -2.01. The highest BCUT2D eigenvalue weighted by Crippen LogP contribution is 2.25. The van der Waals surface area contributed by atoms with Crippen molar-refractivity contribution in [2.75, 3.05) is 0 Å². The van der Waals surface area contributed by atoms with Crippen LogP contribution in [0.4, 0.5) is 8.78 Å². The van der Waals surface area contributed by atoms with Gasteiger partial charge in [-0.05, 0) is 29.2 Å². The monoisotopic (exact) mass is 318 g/mol. The largest absolute Gasteiger partial charge is 0.435 e.